The Balaban J connectivity index is 1.99. The molecule has 104 valence electrons. The van der Waals surface area contributed by atoms with Crippen LogP contribution < -0.4 is 0 Å². The van der Waals surface area contributed by atoms with E-state index < -0.39 is 5.97 Å². The van der Waals surface area contributed by atoms with Gasteiger partial charge in [-0.2, -0.15) is 0 Å². The molecule has 1 N–H and O–H groups in total. The maximum atomic E-state index is 10.9. The second-order valence-electron chi connectivity index (χ2n) is 5.71. The summed E-state index contributed by atoms with van der Waals surface area (Å²) in [6.45, 7) is 5.86. The molecule has 1 fully saturated rings. The monoisotopic (exact) mass is 263 g/mol. The minimum absolute atomic E-state index is 0.221. The largest absolute Gasteiger partial charge is 0.478 e. The number of hydrogen-bond acceptors (Lipinski definition) is 3. The van der Waals surface area contributed by atoms with Crippen LogP contribution in [0.25, 0.3) is 0 Å². The summed E-state index contributed by atoms with van der Waals surface area (Å²) in [6.07, 6.45) is 1.12. The number of likely N-dealkylation sites (tertiary alicyclic amines) is 1. The van der Waals surface area contributed by atoms with Gasteiger partial charge >= 0.3 is 5.97 Å². The molecule has 1 heterocycles. The molecule has 2 rings (SSSR count). The predicted molar refractivity (Wildman–Crippen MR) is 73.3 cm³/mol. The lowest BCUT2D eigenvalue weighted by atomic mass is 9.91. The highest BCUT2D eigenvalue weighted by Crippen LogP contribution is 2.30. The SMILES string of the molecule is COCC1(C)CCN(Cc2cccc(C(=O)O)c2)C1. The van der Waals surface area contributed by atoms with Crippen LogP contribution in [0, 0.1) is 5.41 Å². The Morgan fingerprint density at radius 1 is 1.53 bits per heavy atom. The minimum Gasteiger partial charge on any atom is -0.478 e. The number of methoxy groups -OCH3 is 1. The zero-order valence-electron chi connectivity index (χ0n) is 11.6. The molecule has 0 amide bonds. The minimum atomic E-state index is -0.868. The van der Waals surface area contributed by atoms with Gasteiger partial charge in [0, 0.05) is 25.6 Å². The summed E-state index contributed by atoms with van der Waals surface area (Å²) < 4.78 is 5.27. The standard InChI is InChI=1S/C15H21NO3/c1-15(11-19-2)6-7-16(10-15)9-12-4-3-5-13(8-12)14(17)18/h3-5,8H,6-7,9-11H2,1-2H3,(H,17,18). The first-order valence-corrected chi connectivity index (χ1v) is 6.56. The third-order valence-electron chi connectivity index (χ3n) is 3.71. The molecule has 1 aromatic rings. The summed E-state index contributed by atoms with van der Waals surface area (Å²) >= 11 is 0. The van der Waals surface area contributed by atoms with Gasteiger partial charge in [-0.3, -0.25) is 4.90 Å². The van der Waals surface area contributed by atoms with Crippen LogP contribution in [0.5, 0.6) is 0 Å². The van der Waals surface area contributed by atoms with E-state index in [1.54, 1.807) is 19.2 Å². The fourth-order valence-electron chi connectivity index (χ4n) is 2.79. The molecule has 1 saturated heterocycles. The van der Waals surface area contributed by atoms with E-state index in [0.29, 0.717) is 5.56 Å². The van der Waals surface area contributed by atoms with E-state index in [4.69, 9.17) is 9.84 Å². The Bertz CT molecular complexity index is 460. The van der Waals surface area contributed by atoms with Gasteiger partial charge < -0.3 is 9.84 Å². The molecular formula is C15H21NO3. The van der Waals surface area contributed by atoms with Crippen molar-refractivity contribution in [3.05, 3.63) is 35.4 Å². The molecule has 19 heavy (non-hydrogen) atoms. The van der Waals surface area contributed by atoms with Crippen molar-refractivity contribution in [3.63, 3.8) is 0 Å². The smallest absolute Gasteiger partial charge is 0.335 e. The van der Waals surface area contributed by atoms with Crippen LogP contribution in [0.4, 0.5) is 0 Å². The third-order valence-corrected chi connectivity index (χ3v) is 3.71. The maximum absolute atomic E-state index is 10.9. The zero-order chi connectivity index (χ0) is 13.9. The van der Waals surface area contributed by atoms with Crippen molar-refractivity contribution in [1.29, 1.82) is 0 Å². The number of nitrogens with zero attached hydrogens (tertiary/aromatic N) is 1. The molecule has 0 aromatic heterocycles. The van der Waals surface area contributed by atoms with E-state index in [1.165, 1.54) is 0 Å². The lowest BCUT2D eigenvalue weighted by Gasteiger charge is -2.23. The predicted octanol–water partition coefficient (Wildman–Crippen LogP) is 2.24. The number of benzene rings is 1. The van der Waals surface area contributed by atoms with Gasteiger partial charge in [0.1, 0.15) is 0 Å². The Morgan fingerprint density at radius 2 is 2.32 bits per heavy atom. The molecule has 1 aromatic carbocycles. The summed E-state index contributed by atoms with van der Waals surface area (Å²) in [6, 6.07) is 7.18. The van der Waals surface area contributed by atoms with Crippen LogP contribution >= 0.6 is 0 Å². The number of carboxylic acid groups (broad SMARTS) is 1. The van der Waals surface area contributed by atoms with Crippen molar-refractivity contribution >= 4 is 5.97 Å². The number of rotatable bonds is 5. The van der Waals surface area contributed by atoms with Crippen molar-refractivity contribution in [3.8, 4) is 0 Å². The first-order valence-electron chi connectivity index (χ1n) is 6.56. The molecule has 4 heteroatoms. The topological polar surface area (TPSA) is 49.8 Å². The number of ether oxygens (including phenoxy) is 1. The molecule has 4 nitrogen and oxygen atoms in total. The first kappa shape index (κ1) is 14.0. The molecule has 1 aliphatic heterocycles. The van der Waals surface area contributed by atoms with Crippen molar-refractivity contribution in [1.82, 2.24) is 4.90 Å². The Hall–Kier alpha value is -1.39. The van der Waals surface area contributed by atoms with Gasteiger partial charge in [-0.05, 0) is 30.7 Å². The van der Waals surface area contributed by atoms with Crippen LogP contribution in [0.2, 0.25) is 0 Å². The molecule has 0 saturated carbocycles. The molecule has 1 aliphatic rings. The van der Waals surface area contributed by atoms with Gasteiger partial charge in [0.05, 0.1) is 12.2 Å². The lowest BCUT2D eigenvalue weighted by molar-refractivity contribution is 0.0696. The van der Waals surface area contributed by atoms with Gasteiger partial charge in [-0.25, -0.2) is 4.79 Å². The van der Waals surface area contributed by atoms with Crippen LogP contribution in [0.1, 0.15) is 29.3 Å². The van der Waals surface area contributed by atoms with Gasteiger partial charge in [0.2, 0.25) is 0 Å². The number of carboxylic acids is 1. The van der Waals surface area contributed by atoms with E-state index in [2.05, 4.69) is 11.8 Å². The Kier molecular flexibility index (Phi) is 4.22. The number of aromatic carboxylic acids is 1. The molecule has 0 aliphatic carbocycles. The summed E-state index contributed by atoms with van der Waals surface area (Å²) in [5, 5.41) is 8.99. The first-order chi connectivity index (χ1) is 9.02. The zero-order valence-corrected chi connectivity index (χ0v) is 11.6. The second-order valence-corrected chi connectivity index (χ2v) is 5.71. The molecule has 1 atom stereocenters. The number of hydrogen-bond donors (Lipinski definition) is 1. The lowest BCUT2D eigenvalue weighted by Crippen LogP contribution is -2.28. The van der Waals surface area contributed by atoms with E-state index in [9.17, 15) is 4.79 Å². The molecular weight excluding hydrogens is 242 g/mol. The van der Waals surface area contributed by atoms with Gasteiger partial charge in [0.25, 0.3) is 0 Å². The average Bonchev–Trinajstić information content (AvgIpc) is 2.71. The van der Waals surface area contributed by atoms with Crippen molar-refractivity contribution in [2.24, 2.45) is 5.41 Å². The Labute approximate surface area is 114 Å². The van der Waals surface area contributed by atoms with Gasteiger partial charge in [0.15, 0.2) is 0 Å². The average molecular weight is 263 g/mol. The highest BCUT2D eigenvalue weighted by Gasteiger charge is 2.33. The molecule has 0 radical (unpaired) electrons. The summed E-state index contributed by atoms with van der Waals surface area (Å²) in [4.78, 5) is 13.3. The van der Waals surface area contributed by atoms with Crippen LogP contribution in [0.15, 0.2) is 24.3 Å². The number of carbonyl (C=O) groups is 1. The van der Waals surface area contributed by atoms with Crippen LogP contribution in [-0.4, -0.2) is 42.8 Å². The molecule has 0 bridgehead atoms. The van der Waals surface area contributed by atoms with Gasteiger partial charge in [-0.15, -0.1) is 0 Å². The van der Waals surface area contributed by atoms with Crippen molar-refractivity contribution < 1.29 is 14.6 Å². The fraction of sp³-hybridized carbons (Fsp3) is 0.533. The second kappa shape index (κ2) is 5.72. The third kappa shape index (κ3) is 3.55. The summed E-state index contributed by atoms with van der Waals surface area (Å²) in [5.74, 6) is -0.868. The summed E-state index contributed by atoms with van der Waals surface area (Å²) in [7, 11) is 1.74. The highest BCUT2D eigenvalue weighted by molar-refractivity contribution is 5.87. The quantitative estimate of drug-likeness (QED) is 0.885. The Morgan fingerprint density at radius 3 is 3.00 bits per heavy atom. The van der Waals surface area contributed by atoms with E-state index in [-0.39, 0.29) is 5.41 Å². The van der Waals surface area contributed by atoms with E-state index in [0.717, 1.165) is 38.2 Å². The van der Waals surface area contributed by atoms with Crippen molar-refractivity contribution in [2.45, 2.75) is 19.9 Å². The maximum Gasteiger partial charge on any atom is 0.335 e. The van der Waals surface area contributed by atoms with E-state index in [1.807, 2.05) is 12.1 Å². The highest BCUT2D eigenvalue weighted by atomic mass is 16.5. The molecule has 0 spiro atoms. The fourth-order valence-corrected chi connectivity index (χ4v) is 2.79. The normalized spacial score (nSPS) is 23.7. The van der Waals surface area contributed by atoms with Crippen molar-refractivity contribution in [2.75, 3.05) is 26.8 Å². The summed E-state index contributed by atoms with van der Waals surface area (Å²) in [5.41, 5.74) is 1.64. The van der Waals surface area contributed by atoms with E-state index >= 15 is 0 Å². The molecule has 1 unspecified atom stereocenters. The van der Waals surface area contributed by atoms with Crippen LogP contribution in [-0.2, 0) is 11.3 Å². The van der Waals surface area contributed by atoms with Gasteiger partial charge in [-0.1, -0.05) is 19.1 Å². The van der Waals surface area contributed by atoms with Crippen LogP contribution in [0.3, 0.4) is 0 Å².